The SMILES string of the molecule is N#Cc1scnc1-c1ccc2nc[nH]c2c1. The molecule has 1 N–H and O–H groups in total. The van der Waals surface area contributed by atoms with E-state index in [2.05, 4.69) is 21.0 Å². The third-order valence-corrected chi connectivity index (χ3v) is 3.09. The zero-order valence-corrected chi connectivity index (χ0v) is 8.95. The summed E-state index contributed by atoms with van der Waals surface area (Å²) in [6, 6.07) is 7.95. The summed E-state index contributed by atoms with van der Waals surface area (Å²) in [4.78, 5) is 12.0. The summed E-state index contributed by atoms with van der Waals surface area (Å²) in [6.45, 7) is 0. The van der Waals surface area contributed by atoms with Gasteiger partial charge < -0.3 is 4.98 Å². The van der Waals surface area contributed by atoms with Crippen LogP contribution < -0.4 is 0 Å². The van der Waals surface area contributed by atoms with E-state index in [4.69, 9.17) is 5.26 Å². The fourth-order valence-corrected chi connectivity index (χ4v) is 2.21. The second-order valence-corrected chi connectivity index (χ2v) is 4.13. The molecule has 2 aromatic heterocycles. The van der Waals surface area contributed by atoms with E-state index in [0.717, 1.165) is 22.3 Å². The maximum absolute atomic E-state index is 8.94. The number of H-pyrrole nitrogens is 1. The summed E-state index contributed by atoms with van der Waals surface area (Å²) < 4.78 is 0. The van der Waals surface area contributed by atoms with Gasteiger partial charge in [0, 0.05) is 5.56 Å². The third-order valence-electron chi connectivity index (χ3n) is 2.36. The number of fused-ring (bicyclic) bond motifs is 1. The first kappa shape index (κ1) is 9.07. The standard InChI is InChI=1S/C11H6N4S/c12-4-10-11(15-6-16-10)7-1-2-8-9(3-7)14-5-13-8/h1-3,5-6H,(H,13,14). The first-order valence-electron chi connectivity index (χ1n) is 4.65. The van der Waals surface area contributed by atoms with Gasteiger partial charge in [-0.3, -0.25) is 0 Å². The minimum absolute atomic E-state index is 0.638. The highest BCUT2D eigenvalue weighted by Crippen LogP contribution is 2.26. The van der Waals surface area contributed by atoms with Gasteiger partial charge in [-0.25, -0.2) is 9.97 Å². The molecule has 5 heteroatoms. The lowest BCUT2D eigenvalue weighted by molar-refractivity contribution is 1.34. The second-order valence-electron chi connectivity index (χ2n) is 3.28. The quantitative estimate of drug-likeness (QED) is 0.693. The first-order valence-corrected chi connectivity index (χ1v) is 5.53. The van der Waals surface area contributed by atoms with Gasteiger partial charge in [-0.1, -0.05) is 6.07 Å². The van der Waals surface area contributed by atoms with Crippen LogP contribution in [0.15, 0.2) is 30.0 Å². The van der Waals surface area contributed by atoms with Crippen molar-refractivity contribution in [3.63, 3.8) is 0 Å². The number of thiazole rings is 1. The topological polar surface area (TPSA) is 65.4 Å². The zero-order chi connectivity index (χ0) is 11.0. The summed E-state index contributed by atoms with van der Waals surface area (Å²) >= 11 is 1.35. The largest absolute Gasteiger partial charge is 0.345 e. The molecule has 0 radical (unpaired) electrons. The molecule has 3 rings (SSSR count). The molecular formula is C11H6N4S. The number of nitrogens with zero attached hydrogens (tertiary/aromatic N) is 3. The van der Waals surface area contributed by atoms with Gasteiger partial charge in [0.15, 0.2) is 0 Å². The molecule has 0 aliphatic heterocycles. The summed E-state index contributed by atoms with van der Waals surface area (Å²) in [7, 11) is 0. The van der Waals surface area contributed by atoms with Gasteiger partial charge in [-0.2, -0.15) is 5.26 Å². The molecule has 0 aliphatic carbocycles. The van der Waals surface area contributed by atoms with Crippen molar-refractivity contribution in [3.05, 3.63) is 34.9 Å². The van der Waals surface area contributed by atoms with Crippen LogP contribution in [0.4, 0.5) is 0 Å². The Morgan fingerprint density at radius 1 is 1.31 bits per heavy atom. The van der Waals surface area contributed by atoms with E-state index in [-0.39, 0.29) is 0 Å². The molecule has 0 fully saturated rings. The van der Waals surface area contributed by atoms with Crippen LogP contribution >= 0.6 is 11.3 Å². The molecule has 0 spiro atoms. The van der Waals surface area contributed by atoms with Gasteiger partial charge in [-0.15, -0.1) is 11.3 Å². The summed E-state index contributed by atoms with van der Waals surface area (Å²) in [5, 5.41) is 8.94. The van der Waals surface area contributed by atoms with Crippen LogP contribution in [0.25, 0.3) is 22.3 Å². The molecular weight excluding hydrogens is 220 g/mol. The lowest BCUT2D eigenvalue weighted by atomic mass is 10.1. The van der Waals surface area contributed by atoms with E-state index in [0.29, 0.717) is 4.88 Å². The third kappa shape index (κ3) is 1.28. The van der Waals surface area contributed by atoms with Gasteiger partial charge in [0.1, 0.15) is 10.9 Å². The average molecular weight is 226 g/mol. The summed E-state index contributed by atoms with van der Waals surface area (Å²) in [5.74, 6) is 0. The van der Waals surface area contributed by atoms with E-state index in [9.17, 15) is 0 Å². The van der Waals surface area contributed by atoms with Crippen molar-refractivity contribution in [1.82, 2.24) is 15.0 Å². The Morgan fingerprint density at radius 2 is 2.25 bits per heavy atom. The Morgan fingerprint density at radius 3 is 3.12 bits per heavy atom. The summed E-state index contributed by atoms with van der Waals surface area (Å²) in [6.07, 6.45) is 1.65. The highest BCUT2D eigenvalue weighted by molar-refractivity contribution is 7.10. The normalized spacial score (nSPS) is 10.4. The van der Waals surface area contributed by atoms with E-state index >= 15 is 0 Å². The maximum atomic E-state index is 8.94. The van der Waals surface area contributed by atoms with E-state index in [1.807, 2.05) is 18.2 Å². The average Bonchev–Trinajstić information content (AvgIpc) is 2.96. The maximum Gasteiger partial charge on any atom is 0.132 e. The van der Waals surface area contributed by atoms with Crippen LogP contribution in [0.3, 0.4) is 0 Å². The molecule has 76 valence electrons. The van der Waals surface area contributed by atoms with Gasteiger partial charge in [0.2, 0.25) is 0 Å². The predicted molar refractivity (Wildman–Crippen MR) is 61.9 cm³/mol. The monoisotopic (exact) mass is 226 g/mol. The van der Waals surface area contributed by atoms with Crippen LogP contribution in [0.2, 0.25) is 0 Å². The van der Waals surface area contributed by atoms with Crippen LogP contribution in [-0.2, 0) is 0 Å². The van der Waals surface area contributed by atoms with Gasteiger partial charge in [-0.05, 0) is 12.1 Å². The number of nitrogens with one attached hydrogen (secondary N) is 1. The first-order chi connectivity index (χ1) is 7.88. The molecule has 3 aromatic rings. The lowest BCUT2D eigenvalue weighted by Gasteiger charge is -1.97. The second kappa shape index (κ2) is 3.43. The van der Waals surface area contributed by atoms with Gasteiger partial charge >= 0.3 is 0 Å². The molecule has 0 bridgehead atoms. The van der Waals surface area contributed by atoms with Crippen molar-refractivity contribution < 1.29 is 0 Å². The van der Waals surface area contributed by atoms with E-state index in [1.165, 1.54) is 11.3 Å². The molecule has 2 heterocycles. The van der Waals surface area contributed by atoms with Crippen molar-refractivity contribution in [2.45, 2.75) is 0 Å². The number of aromatic amines is 1. The van der Waals surface area contributed by atoms with E-state index < -0.39 is 0 Å². The fourth-order valence-electron chi connectivity index (χ4n) is 1.61. The van der Waals surface area contributed by atoms with Crippen LogP contribution in [0.1, 0.15) is 4.88 Å². The molecule has 1 aromatic carbocycles. The highest BCUT2D eigenvalue weighted by atomic mass is 32.1. The van der Waals surface area contributed by atoms with Crippen LogP contribution in [-0.4, -0.2) is 15.0 Å². The molecule has 0 saturated heterocycles. The van der Waals surface area contributed by atoms with Crippen molar-refractivity contribution in [2.75, 3.05) is 0 Å². The Kier molecular flexibility index (Phi) is 1.95. The number of benzene rings is 1. The van der Waals surface area contributed by atoms with Crippen molar-refractivity contribution in [1.29, 1.82) is 5.26 Å². The summed E-state index contributed by atoms with van der Waals surface area (Å²) in [5.41, 5.74) is 5.23. The zero-order valence-electron chi connectivity index (χ0n) is 8.14. The van der Waals surface area contributed by atoms with Crippen LogP contribution in [0, 0.1) is 11.3 Å². The number of imidazole rings is 1. The van der Waals surface area contributed by atoms with Crippen molar-refractivity contribution in [3.8, 4) is 17.3 Å². The fraction of sp³-hybridized carbons (Fsp3) is 0. The lowest BCUT2D eigenvalue weighted by Crippen LogP contribution is -1.81. The number of rotatable bonds is 1. The Hall–Kier alpha value is -2.19. The van der Waals surface area contributed by atoms with Crippen molar-refractivity contribution >= 4 is 22.4 Å². The molecule has 0 amide bonds. The molecule has 0 aliphatic rings. The molecule has 0 atom stereocenters. The van der Waals surface area contributed by atoms with Gasteiger partial charge in [0.05, 0.1) is 28.6 Å². The number of aromatic nitrogens is 3. The Labute approximate surface area is 95.2 Å². The highest BCUT2D eigenvalue weighted by Gasteiger charge is 2.08. The molecule has 0 saturated carbocycles. The molecule has 16 heavy (non-hydrogen) atoms. The predicted octanol–water partition coefficient (Wildman–Crippen LogP) is 2.56. The van der Waals surface area contributed by atoms with Crippen LogP contribution in [0.5, 0.6) is 0 Å². The molecule has 4 nitrogen and oxygen atoms in total. The molecule has 0 unspecified atom stereocenters. The number of nitriles is 1. The Bertz CT molecular complexity index is 689. The number of hydrogen-bond acceptors (Lipinski definition) is 4. The smallest absolute Gasteiger partial charge is 0.132 e. The minimum atomic E-state index is 0.638. The van der Waals surface area contributed by atoms with Crippen molar-refractivity contribution in [2.24, 2.45) is 0 Å². The van der Waals surface area contributed by atoms with Gasteiger partial charge in [0.25, 0.3) is 0 Å². The van der Waals surface area contributed by atoms with E-state index in [1.54, 1.807) is 11.8 Å². The number of hydrogen-bond donors (Lipinski definition) is 1. The Balaban J connectivity index is 2.22. The minimum Gasteiger partial charge on any atom is -0.345 e.